The summed E-state index contributed by atoms with van der Waals surface area (Å²) in [6, 6.07) is 0. The Morgan fingerprint density at radius 1 is 0.952 bits per heavy atom. The monoisotopic (exact) mass is 583 g/mol. The summed E-state index contributed by atoms with van der Waals surface area (Å²) in [5.74, 6) is 0.718. The average molecular weight is 584 g/mol. The Bertz CT molecular complexity index is 1190. The van der Waals surface area contributed by atoms with Gasteiger partial charge in [-0.15, -0.1) is 0 Å². The number of hydrogen-bond acceptors (Lipinski definition) is 4. The Balaban J connectivity index is 1.46. The van der Waals surface area contributed by atoms with Crippen LogP contribution in [-0.2, 0) is 19.1 Å². The molecule has 1 amide bonds. The number of primary amides is 1. The van der Waals surface area contributed by atoms with Gasteiger partial charge in [0, 0.05) is 5.41 Å². The van der Waals surface area contributed by atoms with Crippen LogP contribution in [0.1, 0.15) is 127 Å². The summed E-state index contributed by atoms with van der Waals surface area (Å²) in [5.41, 5.74) is 6.31. The molecule has 0 aromatic rings. The van der Waals surface area contributed by atoms with E-state index in [2.05, 4.69) is 54.5 Å². The number of allylic oxidation sites excluding steroid dienone is 2. The molecule has 10 atom stereocenters. The van der Waals surface area contributed by atoms with Gasteiger partial charge in [0.1, 0.15) is 6.10 Å². The maximum Gasteiger partial charge on any atom is 0.309 e. The predicted molar refractivity (Wildman–Crippen MR) is 164 cm³/mol. The number of hydrogen-bond donors (Lipinski definition) is 2. The maximum atomic E-state index is 13.2. The average Bonchev–Trinajstić information content (AvgIpc) is 2.87. The molecule has 0 radical (unpaired) electrons. The minimum atomic E-state index is -1.14. The molecule has 5 aliphatic rings. The number of carboxylic acid groups (broad SMARTS) is 1. The van der Waals surface area contributed by atoms with E-state index in [4.69, 9.17) is 10.5 Å². The second kappa shape index (κ2) is 9.83. The van der Waals surface area contributed by atoms with Gasteiger partial charge in [-0.1, -0.05) is 60.1 Å². The van der Waals surface area contributed by atoms with Crippen molar-refractivity contribution in [2.45, 2.75) is 133 Å². The lowest BCUT2D eigenvalue weighted by atomic mass is 9.33. The number of nitrogens with two attached hydrogens (primary N) is 1. The summed E-state index contributed by atoms with van der Waals surface area (Å²) in [6.07, 6.45) is 11.2. The summed E-state index contributed by atoms with van der Waals surface area (Å²) in [6.45, 7) is 20.0. The Hall–Kier alpha value is -1.85. The zero-order chi connectivity index (χ0) is 31.3. The number of carboxylic acids is 1. The molecule has 236 valence electrons. The number of rotatable bonds is 5. The van der Waals surface area contributed by atoms with Gasteiger partial charge in [-0.3, -0.25) is 14.4 Å². The molecule has 0 aliphatic heterocycles. The first-order valence-electron chi connectivity index (χ1n) is 16.7. The minimum absolute atomic E-state index is 0.0364. The van der Waals surface area contributed by atoms with E-state index < -0.39 is 22.8 Å². The van der Waals surface area contributed by atoms with Crippen LogP contribution in [0.2, 0.25) is 0 Å². The molecule has 0 bridgehead atoms. The highest BCUT2D eigenvalue weighted by molar-refractivity contribution is 5.82. The summed E-state index contributed by atoms with van der Waals surface area (Å²) in [5, 5.41) is 9.52. The highest BCUT2D eigenvalue weighted by Gasteiger charge is 2.69. The molecule has 4 saturated carbocycles. The van der Waals surface area contributed by atoms with E-state index >= 15 is 0 Å². The summed E-state index contributed by atoms with van der Waals surface area (Å²) in [7, 11) is 0. The van der Waals surface area contributed by atoms with Crippen LogP contribution in [0.5, 0.6) is 0 Å². The van der Waals surface area contributed by atoms with Crippen LogP contribution in [0.3, 0.4) is 0 Å². The second-order valence-corrected chi connectivity index (χ2v) is 17.4. The molecule has 5 aliphatic carbocycles. The quantitative estimate of drug-likeness (QED) is 0.257. The number of fused-ring (bicyclic) bond motifs is 7. The molecule has 42 heavy (non-hydrogen) atoms. The maximum absolute atomic E-state index is 13.2. The fourth-order valence-corrected chi connectivity index (χ4v) is 11.7. The van der Waals surface area contributed by atoms with Gasteiger partial charge in [0.2, 0.25) is 5.91 Å². The lowest BCUT2D eigenvalue weighted by Crippen LogP contribution is -2.66. The van der Waals surface area contributed by atoms with Crippen molar-refractivity contribution in [3.8, 4) is 0 Å². The van der Waals surface area contributed by atoms with Gasteiger partial charge in [0.05, 0.1) is 17.3 Å². The van der Waals surface area contributed by atoms with Gasteiger partial charge in [-0.05, 0) is 117 Å². The molecule has 6 nitrogen and oxygen atoms in total. The van der Waals surface area contributed by atoms with E-state index in [1.165, 1.54) is 5.57 Å². The predicted octanol–water partition coefficient (Wildman–Crippen LogP) is 7.54. The van der Waals surface area contributed by atoms with Crippen LogP contribution in [-0.4, -0.2) is 29.1 Å². The van der Waals surface area contributed by atoms with E-state index in [1.54, 1.807) is 13.8 Å². The van der Waals surface area contributed by atoms with Crippen molar-refractivity contribution in [1.82, 2.24) is 0 Å². The Kier molecular flexibility index (Phi) is 7.39. The first-order chi connectivity index (χ1) is 19.3. The van der Waals surface area contributed by atoms with Gasteiger partial charge < -0.3 is 15.6 Å². The number of esters is 1. The molecule has 4 fully saturated rings. The first kappa shape index (κ1) is 31.6. The van der Waals surface area contributed by atoms with Gasteiger partial charge in [0.15, 0.2) is 0 Å². The normalized spacial score (nSPS) is 46.2. The third-order valence-electron chi connectivity index (χ3n) is 14.9. The Labute approximate surface area is 254 Å². The van der Waals surface area contributed by atoms with Gasteiger partial charge in [-0.2, -0.15) is 0 Å². The van der Waals surface area contributed by atoms with E-state index in [-0.39, 0.29) is 46.0 Å². The molecule has 5 rings (SSSR count). The smallest absolute Gasteiger partial charge is 0.309 e. The SMILES string of the molecule is C[C@H]1[C@H](C)CC[C@]2(C(N)=O)CC[C@]3(C)C(=CC[C@@H]4[C@@]5(C)CC[C@H](OC(=O)CC(C)(C)C(=O)O)C(C)(C)[C@@H]5CC[C@]43C)[C@H]12. The molecule has 0 unspecified atom stereocenters. The third-order valence-corrected chi connectivity index (χ3v) is 14.9. The van der Waals surface area contributed by atoms with Crippen LogP contribution in [0.4, 0.5) is 0 Å². The van der Waals surface area contributed by atoms with Crippen molar-refractivity contribution in [2.24, 2.45) is 67.8 Å². The van der Waals surface area contributed by atoms with E-state index in [1.807, 2.05) is 0 Å². The first-order valence-corrected chi connectivity index (χ1v) is 16.7. The van der Waals surface area contributed by atoms with Crippen molar-refractivity contribution in [1.29, 1.82) is 0 Å². The second-order valence-electron chi connectivity index (χ2n) is 17.4. The Morgan fingerprint density at radius 2 is 1.62 bits per heavy atom. The number of carbonyl (C=O) groups is 3. The number of ether oxygens (including phenoxy) is 1. The molecular formula is C36H57NO5. The topological polar surface area (TPSA) is 107 Å². The zero-order valence-corrected chi connectivity index (χ0v) is 27.8. The van der Waals surface area contributed by atoms with Crippen molar-refractivity contribution in [3.05, 3.63) is 11.6 Å². The molecule has 0 aromatic heterocycles. The molecule has 0 heterocycles. The van der Waals surface area contributed by atoms with Crippen LogP contribution in [0.15, 0.2) is 11.6 Å². The summed E-state index contributed by atoms with van der Waals surface area (Å²) < 4.78 is 6.11. The molecular weight excluding hydrogens is 526 g/mol. The fraction of sp³-hybridized carbons (Fsp3) is 0.861. The summed E-state index contributed by atoms with van der Waals surface area (Å²) in [4.78, 5) is 37.7. The number of amides is 1. The lowest BCUT2D eigenvalue weighted by Gasteiger charge is -2.71. The van der Waals surface area contributed by atoms with Crippen LogP contribution in [0.25, 0.3) is 0 Å². The summed E-state index contributed by atoms with van der Waals surface area (Å²) >= 11 is 0. The fourth-order valence-electron chi connectivity index (χ4n) is 11.7. The molecule has 6 heteroatoms. The zero-order valence-electron chi connectivity index (χ0n) is 27.8. The van der Waals surface area contributed by atoms with Gasteiger partial charge >= 0.3 is 11.9 Å². The van der Waals surface area contributed by atoms with Gasteiger partial charge in [-0.25, -0.2) is 0 Å². The largest absolute Gasteiger partial charge is 0.481 e. The van der Waals surface area contributed by atoms with Crippen LogP contribution in [0, 0.1) is 62.1 Å². The van der Waals surface area contributed by atoms with Crippen LogP contribution < -0.4 is 5.73 Å². The van der Waals surface area contributed by atoms with E-state index in [0.717, 1.165) is 57.8 Å². The van der Waals surface area contributed by atoms with E-state index in [0.29, 0.717) is 23.7 Å². The molecule has 0 aromatic carbocycles. The van der Waals surface area contributed by atoms with Crippen molar-refractivity contribution in [3.63, 3.8) is 0 Å². The number of aliphatic carboxylic acids is 1. The highest BCUT2D eigenvalue weighted by Crippen LogP contribution is 2.75. The lowest BCUT2D eigenvalue weighted by molar-refractivity contribution is -0.214. The highest BCUT2D eigenvalue weighted by atomic mass is 16.5. The van der Waals surface area contributed by atoms with Crippen molar-refractivity contribution < 1.29 is 24.2 Å². The molecule has 3 N–H and O–H groups in total. The standard InChI is InChI=1S/C36H57NO5/c1-21-12-17-36(29(37)39)19-18-34(8)23(28(36)22(21)2)10-11-25-33(7)15-14-26(42-27(38)20-31(3,4)30(40)41)32(5,6)24(33)13-16-35(25,34)9/h10,21-22,24-26,28H,11-20H2,1-9H3,(H2,37,39)(H,40,41)/t21-,22+,24+,25-,26+,28+,33+,34-,35-,36+/m1/s1. The van der Waals surface area contributed by atoms with Crippen molar-refractivity contribution in [2.75, 3.05) is 0 Å². The Morgan fingerprint density at radius 3 is 2.24 bits per heavy atom. The molecule has 0 saturated heterocycles. The van der Waals surface area contributed by atoms with Crippen LogP contribution >= 0.6 is 0 Å². The van der Waals surface area contributed by atoms with E-state index in [9.17, 15) is 19.5 Å². The molecule has 0 spiro atoms. The van der Waals surface area contributed by atoms with Gasteiger partial charge in [0.25, 0.3) is 0 Å². The third kappa shape index (κ3) is 4.19. The minimum Gasteiger partial charge on any atom is -0.481 e. The van der Waals surface area contributed by atoms with Crippen molar-refractivity contribution >= 4 is 17.8 Å². The number of carbonyl (C=O) groups excluding carboxylic acids is 2.